The van der Waals surface area contributed by atoms with Gasteiger partial charge in [-0.3, -0.25) is 0 Å². The van der Waals surface area contributed by atoms with Gasteiger partial charge in [-0.2, -0.15) is 0 Å². The number of hydrogen-bond donors (Lipinski definition) is 0. The molecule has 0 saturated heterocycles. The van der Waals surface area contributed by atoms with E-state index in [2.05, 4.69) is 193 Å². The zero-order chi connectivity index (χ0) is 36.3. The Morgan fingerprint density at radius 2 is 0.964 bits per heavy atom. The molecule has 258 valence electrons. The Bertz CT molecular complexity index is 3190. The zero-order valence-corrected chi connectivity index (χ0v) is 29.8. The fraction of sp³-hybridized carbons (Fsp3) is 0. The van der Waals surface area contributed by atoms with Crippen molar-refractivity contribution in [1.82, 2.24) is 0 Å². The Balaban J connectivity index is 1.05. The third kappa shape index (κ3) is 5.20. The van der Waals surface area contributed by atoms with Crippen LogP contribution >= 0.6 is 0 Å². The first-order chi connectivity index (χ1) is 27.3. The lowest BCUT2D eigenvalue weighted by Crippen LogP contribution is -2.11. The highest BCUT2D eigenvalue weighted by Crippen LogP contribution is 2.44. The van der Waals surface area contributed by atoms with E-state index >= 15 is 0 Å². The molecular weight excluding hydrogens is 671 g/mol. The Morgan fingerprint density at radius 1 is 0.327 bits per heavy atom. The summed E-state index contributed by atoms with van der Waals surface area (Å²) in [7, 11) is 0. The van der Waals surface area contributed by atoms with E-state index in [9.17, 15) is 0 Å². The molecule has 0 bridgehead atoms. The second-order valence-corrected chi connectivity index (χ2v) is 14.1. The second-order valence-electron chi connectivity index (χ2n) is 14.1. The molecule has 0 N–H and O–H groups in total. The monoisotopic (exact) mass is 703 g/mol. The lowest BCUT2D eigenvalue weighted by atomic mass is 9.98. The number of fused-ring (bicyclic) bond motifs is 8. The molecule has 55 heavy (non-hydrogen) atoms. The van der Waals surface area contributed by atoms with Crippen LogP contribution in [0.4, 0.5) is 17.1 Å². The number of nitrogens with zero attached hydrogens (tertiary/aromatic N) is 1. The summed E-state index contributed by atoms with van der Waals surface area (Å²) in [5.74, 6) is 0. The van der Waals surface area contributed by atoms with E-state index in [1.54, 1.807) is 0 Å². The van der Waals surface area contributed by atoms with Gasteiger partial charge >= 0.3 is 0 Å². The number of benzene rings is 9. The molecule has 0 atom stereocenters. The number of anilines is 3. The van der Waals surface area contributed by atoms with Crippen LogP contribution in [0.5, 0.6) is 0 Å². The molecule has 0 fully saturated rings. The highest BCUT2D eigenvalue weighted by molar-refractivity contribution is 6.19. The van der Waals surface area contributed by atoms with Crippen molar-refractivity contribution < 1.29 is 8.83 Å². The zero-order valence-electron chi connectivity index (χ0n) is 29.8. The van der Waals surface area contributed by atoms with Crippen molar-refractivity contribution in [3.63, 3.8) is 0 Å². The largest absolute Gasteiger partial charge is 0.456 e. The average Bonchev–Trinajstić information content (AvgIpc) is 3.83. The molecule has 11 aromatic rings. The second kappa shape index (κ2) is 12.6. The molecule has 2 aromatic heterocycles. The molecule has 0 aliphatic carbocycles. The van der Waals surface area contributed by atoms with Gasteiger partial charge in [0.1, 0.15) is 22.3 Å². The van der Waals surface area contributed by atoms with Crippen LogP contribution in [0, 0.1) is 0 Å². The van der Waals surface area contributed by atoms with Gasteiger partial charge in [-0.15, -0.1) is 0 Å². The molecule has 3 nitrogen and oxygen atoms in total. The van der Waals surface area contributed by atoms with E-state index in [0.29, 0.717) is 0 Å². The molecule has 0 unspecified atom stereocenters. The van der Waals surface area contributed by atoms with E-state index in [1.165, 1.54) is 21.9 Å². The number of furan rings is 2. The van der Waals surface area contributed by atoms with Crippen LogP contribution in [0.2, 0.25) is 0 Å². The molecule has 2 heterocycles. The van der Waals surface area contributed by atoms with Gasteiger partial charge in [-0.05, 0) is 87.6 Å². The van der Waals surface area contributed by atoms with Crippen LogP contribution in [0.3, 0.4) is 0 Å². The van der Waals surface area contributed by atoms with Crippen molar-refractivity contribution in [3.05, 3.63) is 200 Å². The number of para-hydroxylation sites is 3. The SMILES string of the molecule is c1ccc(-c2ccc(N(c3ccc(-c4cccc5c4oc4ccccc45)cc3)c3ccccc3-c3ccc4c(c3)oc3ccc5ccccc5c34)cc2)cc1. The highest BCUT2D eigenvalue weighted by Gasteiger charge is 2.20. The molecule has 11 rings (SSSR count). The van der Waals surface area contributed by atoms with Gasteiger partial charge in [-0.25, -0.2) is 0 Å². The lowest BCUT2D eigenvalue weighted by Gasteiger charge is -2.28. The Morgan fingerprint density at radius 3 is 1.80 bits per heavy atom. The quantitative estimate of drug-likeness (QED) is 0.173. The van der Waals surface area contributed by atoms with Gasteiger partial charge in [0.25, 0.3) is 0 Å². The van der Waals surface area contributed by atoms with E-state index < -0.39 is 0 Å². The van der Waals surface area contributed by atoms with Crippen LogP contribution in [0.15, 0.2) is 209 Å². The van der Waals surface area contributed by atoms with E-state index in [-0.39, 0.29) is 0 Å². The van der Waals surface area contributed by atoms with E-state index in [4.69, 9.17) is 8.83 Å². The van der Waals surface area contributed by atoms with Gasteiger partial charge in [0.15, 0.2) is 0 Å². The van der Waals surface area contributed by atoms with E-state index in [1.807, 2.05) is 12.1 Å². The summed E-state index contributed by atoms with van der Waals surface area (Å²) < 4.78 is 13.0. The van der Waals surface area contributed by atoms with Crippen molar-refractivity contribution in [2.75, 3.05) is 4.90 Å². The Hall–Kier alpha value is -7.36. The first-order valence-corrected chi connectivity index (χ1v) is 18.7. The third-order valence-corrected chi connectivity index (χ3v) is 10.9. The van der Waals surface area contributed by atoms with Gasteiger partial charge in [-0.1, -0.05) is 146 Å². The van der Waals surface area contributed by atoms with Crippen molar-refractivity contribution >= 4 is 71.7 Å². The summed E-state index contributed by atoms with van der Waals surface area (Å²) >= 11 is 0. The maximum atomic E-state index is 6.53. The molecule has 0 radical (unpaired) electrons. The minimum atomic E-state index is 0.876. The topological polar surface area (TPSA) is 29.5 Å². The average molecular weight is 704 g/mol. The van der Waals surface area contributed by atoms with Crippen LogP contribution in [0.1, 0.15) is 0 Å². The fourth-order valence-corrected chi connectivity index (χ4v) is 8.25. The van der Waals surface area contributed by atoms with Crippen molar-refractivity contribution in [2.45, 2.75) is 0 Å². The molecule has 0 saturated carbocycles. The first-order valence-electron chi connectivity index (χ1n) is 18.7. The molecule has 9 aromatic carbocycles. The summed E-state index contributed by atoms with van der Waals surface area (Å²) in [5, 5.41) is 6.95. The minimum absolute atomic E-state index is 0.876. The molecule has 0 aliphatic rings. The van der Waals surface area contributed by atoms with Crippen LogP contribution < -0.4 is 4.90 Å². The van der Waals surface area contributed by atoms with Gasteiger partial charge in [0.2, 0.25) is 0 Å². The predicted molar refractivity (Wildman–Crippen MR) is 229 cm³/mol. The lowest BCUT2D eigenvalue weighted by molar-refractivity contribution is 0.669. The maximum absolute atomic E-state index is 6.53. The fourth-order valence-electron chi connectivity index (χ4n) is 8.25. The van der Waals surface area contributed by atoms with Crippen LogP contribution in [-0.2, 0) is 0 Å². The van der Waals surface area contributed by atoms with Gasteiger partial charge in [0.05, 0.1) is 5.69 Å². The highest BCUT2D eigenvalue weighted by atomic mass is 16.3. The Labute approximate surface area is 317 Å². The number of rotatable bonds is 6. The minimum Gasteiger partial charge on any atom is -0.456 e. The summed E-state index contributed by atoms with van der Waals surface area (Å²) in [6.07, 6.45) is 0. The van der Waals surface area contributed by atoms with Gasteiger partial charge < -0.3 is 13.7 Å². The predicted octanol–water partition coefficient (Wildman–Crippen LogP) is 15.1. The molecule has 0 aliphatic heterocycles. The summed E-state index contributed by atoms with van der Waals surface area (Å²) in [5.41, 5.74) is 13.5. The van der Waals surface area contributed by atoms with Crippen molar-refractivity contribution in [1.29, 1.82) is 0 Å². The molecule has 0 spiro atoms. The summed E-state index contributed by atoms with van der Waals surface area (Å²) in [6, 6.07) is 70.9. The number of hydrogen-bond acceptors (Lipinski definition) is 3. The van der Waals surface area contributed by atoms with Gasteiger partial charge in [0, 0.05) is 44.0 Å². The van der Waals surface area contributed by atoms with Crippen molar-refractivity contribution in [3.8, 4) is 33.4 Å². The molecule has 0 amide bonds. The summed E-state index contributed by atoms with van der Waals surface area (Å²) in [6.45, 7) is 0. The third-order valence-electron chi connectivity index (χ3n) is 10.9. The van der Waals surface area contributed by atoms with Crippen LogP contribution in [0.25, 0.3) is 88.0 Å². The molecule has 3 heteroatoms. The first kappa shape index (κ1) is 31.2. The molecular formula is C52H33NO2. The summed E-state index contributed by atoms with van der Waals surface area (Å²) in [4.78, 5) is 2.35. The smallest absolute Gasteiger partial charge is 0.143 e. The maximum Gasteiger partial charge on any atom is 0.143 e. The Kier molecular flexibility index (Phi) is 7.17. The van der Waals surface area contributed by atoms with Crippen molar-refractivity contribution in [2.24, 2.45) is 0 Å². The van der Waals surface area contributed by atoms with Crippen LogP contribution in [-0.4, -0.2) is 0 Å². The standard InChI is InChI=1S/C52H33NO2/c1-2-11-34(12-3-1)35-21-27-39(28-22-35)53(40-29-23-37(24-30-40)43-17-10-18-45-44-16-7-9-20-48(44)55-52(43)45)47-19-8-6-14-41(47)38-25-31-46-50(33-38)54-49-32-26-36-13-4-5-15-42(36)51(46)49/h1-33H. The normalized spacial score (nSPS) is 11.6. The van der Waals surface area contributed by atoms with E-state index in [0.717, 1.165) is 83.2 Å².